The summed E-state index contributed by atoms with van der Waals surface area (Å²) in [6, 6.07) is 3.13. The Kier molecular flexibility index (Phi) is 3.75. The molecule has 0 saturated carbocycles. The molecule has 0 bridgehead atoms. The van der Waals surface area contributed by atoms with E-state index in [1.165, 1.54) is 25.1 Å². The Hall–Kier alpha value is -1.29. The first kappa shape index (κ1) is 12.8. The fourth-order valence-corrected chi connectivity index (χ4v) is 1.33. The van der Waals surface area contributed by atoms with Gasteiger partial charge in [0.05, 0.1) is 5.56 Å². The molecule has 0 fully saturated rings. The van der Waals surface area contributed by atoms with Crippen LogP contribution in [-0.4, -0.2) is 5.78 Å². The minimum absolute atomic E-state index is 0.0157. The van der Waals surface area contributed by atoms with E-state index in [2.05, 4.69) is 0 Å². The first-order valence-corrected chi connectivity index (χ1v) is 4.73. The molecule has 0 amide bonds. The third-order valence-corrected chi connectivity index (χ3v) is 1.98. The standard InChI is InChI=1S/C11H8ClF3O/c1-7(16)2-3-8-4-9(11(13,14)15)6-10(12)5-8/h2-6H,1H3/b3-2+. The maximum absolute atomic E-state index is 12.4. The van der Waals surface area contributed by atoms with Crippen LogP contribution in [0, 0.1) is 0 Å². The van der Waals surface area contributed by atoms with Crippen molar-refractivity contribution in [3.8, 4) is 0 Å². The molecule has 0 heterocycles. The van der Waals surface area contributed by atoms with Gasteiger partial charge in [-0.25, -0.2) is 0 Å². The van der Waals surface area contributed by atoms with E-state index in [9.17, 15) is 18.0 Å². The lowest BCUT2D eigenvalue weighted by molar-refractivity contribution is -0.137. The normalized spacial score (nSPS) is 12.1. The molecule has 1 rings (SSSR count). The molecular formula is C11H8ClF3O. The number of carbonyl (C=O) groups is 1. The zero-order valence-electron chi connectivity index (χ0n) is 8.31. The third-order valence-electron chi connectivity index (χ3n) is 1.76. The highest BCUT2D eigenvalue weighted by Crippen LogP contribution is 2.32. The van der Waals surface area contributed by atoms with Gasteiger partial charge in [0.1, 0.15) is 0 Å². The monoisotopic (exact) mass is 248 g/mol. The third kappa shape index (κ3) is 3.70. The van der Waals surface area contributed by atoms with Crippen LogP contribution in [0.25, 0.3) is 6.08 Å². The Morgan fingerprint density at radius 2 is 1.94 bits per heavy atom. The van der Waals surface area contributed by atoms with Crippen molar-refractivity contribution >= 4 is 23.5 Å². The van der Waals surface area contributed by atoms with Crippen LogP contribution in [0.3, 0.4) is 0 Å². The molecule has 16 heavy (non-hydrogen) atoms. The molecule has 0 saturated heterocycles. The van der Waals surface area contributed by atoms with E-state index in [0.717, 1.165) is 12.1 Å². The average molecular weight is 249 g/mol. The number of benzene rings is 1. The fraction of sp³-hybridized carbons (Fsp3) is 0.182. The molecule has 1 aromatic rings. The quantitative estimate of drug-likeness (QED) is 0.724. The molecule has 0 radical (unpaired) electrons. The van der Waals surface area contributed by atoms with E-state index in [1.807, 2.05) is 0 Å². The molecular weight excluding hydrogens is 241 g/mol. The second-order valence-electron chi connectivity index (χ2n) is 3.21. The van der Waals surface area contributed by atoms with Gasteiger partial charge >= 0.3 is 6.18 Å². The van der Waals surface area contributed by atoms with Crippen molar-refractivity contribution in [3.63, 3.8) is 0 Å². The first-order chi connectivity index (χ1) is 7.29. The minimum Gasteiger partial charge on any atom is -0.295 e. The number of ketones is 1. The molecule has 1 nitrogen and oxygen atoms in total. The molecule has 5 heteroatoms. The second kappa shape index (κ2) is 4.70. The van der Waals surface area contributed by atoms with Crippen LogP contribution in [0.2, 0.25) is 5.02 Å². The molecule has 0 aliphatic carbocycles. The van der Waals surface area contributed by atoms with E-state index < -0.39 is 11.7 Å². The lowest BCUT2D eigenvalue weighted by Gasteiger charge is -2.07. The van der Waals surface area contributed by atoms with Crippen LogP contribution in [-0.2, 0) is 11.0 Å². The number of halogens is 4. The maximum Gasteiger partial charge on any atom is 0.416 e. The summed E-state index contributed by atoms with van der Waals surface area (Å²) in [6.45, 7) is 1.31. The molecule has 0 aliphatic heterocycles. The summed E-state index contributed by atoms with van der Waals surface area (Å²) >= 11 is 5.55. The van der Waals surface area contributed by atoms with Crippen LogP contribution in [0.4, 0.5) is 13.2 Å². The molecule has 0 unspecified atom stereocenters. The highest BCUT2D eigenvalue weighted by molar-refractivity contribution is 6.30. The zero-order valence-corrected chi connectivity index (χ0v) is 9.06. The SMILES string of the molecule is CC(=O)/C=C/c1cc(Cl)cc(C(F)(F)F)c1. The summed E-state index contributed by atoms with van der Waals surface area (Å²) < 4.78 is 37.2. The Labute approximate surface area is 95.5 Å². The van der Waals surface area contributed by atoms with Crippen LogP contribution in [0.5, 0.6) is 0 Å². The van der Waals surface area contributed by atoms with Crippen molar-refractivity contribution in [2.45, 2.75) is 13.1 Å². The van der Waals surface area contributed by atoms with Gasteiger partial charge in [-0.1, -0.05) is 17.7 Å². The van der Waals surface area contributed by atoms with Gasteiger partial charge < -0.3 is 0 Å². The number of rotatable bonds is 2. The van der Waals surface area contributed by atoms with Crippen molar-refractivity contribution in [1.29, 1.82) is 0 Å². The van der Waals surface area contributed by atoms with Crippen molar-refractivity contribution < 1.29 is 18.0 Å². The average Bonchev–Trinajstić information content (AvgIpc) is 2.12. The van der Waals surface area contributed by atoms with Crippen LogP contribution >= 0.6 is 11.6 Å². The van der Waals surface area contributed by atoms with Crippen molar-refractivity contribution in [2.75, 3.05) is 0 Å². The Morgan fingerprint density at radius 1 is 1.31 bits per heavy atom. The fourth-order valence-electron chi connectivity index (χ4n) is 1.09. The predicted octanol–water partition coefficient (Wildman–Crippen LogP) is 3.96. The predicted molar refractivity (Wildman–Crippen MR) is 56.2 cm³/mol. The highest BCUT2D eigenvalue weighted by atomic mass is 35.5. The van der Waals surface area contributed by atoms with Gasteiger partial charge in [-0.2, -0.15) is 13.2 Å². The van der Waals surface area contributed by atoms with Crippen LogP contribution < -0.4 is 0 Å². The molecule has 0 spiro atoms. The van der Waals surface area contributed by atoms with Crippen LogP contribution in [0.15, 0.2) is 24.3 Å². The molecule has 1 aromatic carbocycles. The molecule has 0 aliphatic rings. The lowest BCUT2D eigenvalue weighted by Crippen LogP contribution is -2.04. The molecule has 0 atom stereocenters. The summed E-state index contributed by atoms with van der Waals surface area (Å²) in [5.41, 5.74) is -0.585. The Balaban J connectivity index is 3.13. The van der Waals surface area contributed by atoms with Gasteiger partial charge in [0.25, 0.3) is 0 Å². The smallest absolute Gasteiger partial charge is 0.295 e. The van der Waals surface area contributed by atoms with E-state index in [4.69, 9.17) is 11.6 Å². The zero-order chi connectivity index (χ0) is 12.3. The summed E-state index contributed by atoms with van der Waals surface area (Å²) in [4.78, 5) is 10.6. The summed E-state index contributed by atoms with van der Waals surface area (Å²) in [6.07, 6.45) is -1.96. The van der Waals surface area contributed by atoms with Crippen molar-refractivity contribution in [3.05, 3.63) is 40.4 Å². The lowest BCUT2D eigenvalue weighted by atomic mass is 10.1. The van der Waals surface area contributed by atoms with Gasteiger partial charge in [-0.05, 0) is 36.8 Å². The summed E-state index contributed by atoms with van der Waals surface area (Å²) in [5, 5.41) is -0.0157. The van der Waals surface area contributed by atoms with Gasteiger partial charge in [0, 0.05) is 5.02 Å². The second-order valence-corrected chi connectivity index (χ2v) is 3.65. The van der Waals surface area contributed by atoms with Crippen LogP contribution in [0.1, 0.15) is 18.1 Å². The largest absolute Gasteiger partial charge is 0.416 e. The van der Waals surface area contributed by atoms with E-state index in [-0.39, 0.29) is 16.4 Å². The Bertz CT molecular complexity index is 435. The van der Waals surface area contributed by atoms with Gasteiger partial charge in [-0.15, -0.1) is 0 Å². The van der Waals surface area contributed by atoms with E-state index in [0.29, 0.717) is 0 Å². The number of allylic oxidation sites excluding steroid dienone is 1. The number of hydrogen-bond acceptors (Lipinski definition) is 1. The first-order valence-electron chi connectivity index (χ1n) is 4.35. The summed E-state index contributed by atoms with van der Waals surface area (Å²) in [7, 11) is 0. The number of carbonyl (C=O) groups excluding carboxylic acids is 1. The topological polar surface area (TPSA) is 17.1 Å². The van der Waals surface area contributed by atoms with Gasteiger partial charge in [0.2, 0.25) is 0 Å². The van der Waals surface area contributed by atoms with Gasteiger partial charge in [0.15, 0.2) is 5.78 Å². The van der Waals surface area contributed by atoms with E-state index >= 15 is 0 Å². The highest BCUT2D eigenvalue weighted by Gasteiger charge is 2.30. The van der Waals surface area contributed by atoms with E-state index in [1.54, 1.807) is 0 Å². The Morgan fingerprint density at radius 3 is 2.44 bits per heavy atom. The number of alkyl halides is 3. The van der Waals surface area contributed by atoms with Crippen molar-refractivity contribution in [2.24, 2.45) is 0 Å². The van der Waals surface area contributed by atoms with Crippen molar-refractivity contribution in [1.82, 2.24) is 0 Å². The molecule has 86 valence electrons. The minimum atomic E-state index is -4.44. The molecule has 0 aromatic heterocycles. The molecule has 0 N–H and O–H groups in total. The maximum atomic E-state index is 12.4. The van der Waals surface area contributed by atoms with Gasteiger partial charge in [-0.3, -0.25) is 4.79 Å². The number of hydrogen-bond donors (Lipinski definition) is 0. The summed E-state index contributed by atoms with van der Waals surface area (Å²) in [5.74, 6) is -0.242.